The van der Waals surface area contributed by atoms with E-state index >= 15 is 0 Å². The van der Waals surface area contributed by atoms with Gasteiger partial charge >= 0.3 is 0 Å². The fourth-order valence-electron chi connectivity index (χ4n) is 3.61. The van der Waals surface area contributed by atoms with Crippen LogP contribution in [0.3, 0.4) is 0 Å². The van der Waals surface area contributed by atoms with Gasteiger partial charge in [0, 0.05) is 0 Å². The van der Waals surface area contributed by atoms with Crippen LogP contribution in [-0.4, -0.2) is 94.9 Å². The molecule has 6 nitrogen and oxygen atoms in total. The van der Waals surface area contributed by atoms with Crippen molar-refractivity contribution < 1.29 is 15.3 Å². The van der Waals surface area contributed by atoms with Crippen molar-refractivity contribution in [1.29, 1.82) is 0 Å². The van der Waals surface area contributed by atoms with Crippen molar-refractivity contribution in [1.82, 2.24) is 14.7 Å². The maximum absolute atomic E-state index is 10.4. The maximum atomic E-state index is 10.4. The van der Waals surface area contributed by atoms with Gasteiger partial charge in [0.15, 0.2) is 0 Å². The second-order valence-electron chi connectivity index (χ2n) is 7.25. The third-order valence-corrected chi connectivity index (χ3v) is 6.11. The third-order valence-electron chi connectivity index (χ3n) is 6.11. The Morgan fingerprint density at radius 1 is 0.500 bits per heavy atom. The van der Waals surface area contributed by atoms with Gasteiger partial charge in [0.2, 0.25) is 0 Å². The first-order valence-corrected chi connectivity index (χ1v) is 10.6. The SMILES string of the molecule is CCN(CC)CCC(CCN(CC)CC)(CCN(CC)CC)C(O)(O)O. The number of aliphatic hydroxyl groups is 3. The molecule has 158 valence electrons. The predicted octanol–water partition coefficient (Wildman–Crippen LogP) is 1.80. The van der Waals surface area contributed by atoms with Crippen LogP contribution in [0, 0.1) is 5.41 Å². The smallest absolute Gasteiger partial charge is 0.281 e. The summed E-state index contributed by atoms with van der Waals surface area (Å²) in [5.74, 6) is -2.67. The van der Waals surface area contributed by atoms with Gasteiger partial charge in [-0.25, -0.2) is 0 Å². The summed E-state index contributed by atoms with van der Waals surface area (Å²) >= 11 is 0. The topological polar surface area (TPSA) is 70.4 Å². The van der Waals surface area contributed by atoms with Crippen molar-refractivity contribution in [2.45, 2.75) is 66.8 Å². The number of hydrogen-bond donors (Lipinski definition) is 3. The molecule has 0 unspecified atom stereocenters. The highest BCUT2D eigenvalue weighted by Crippen LogP contribution is 2.40. The molecule has 0 aliphatic carbocycles. The van der Waals surface area contributed by atoms with Gasteiger partial charge in [-0.3, -0.25) is 0 Å². The van der Waals surface area contributed by atoms with Gasteiger partial charge in [0.05, 0.1) is 5.41 Å². The van der Waals surface area contributed by atoms with Gasteiger partial charge in [-0.1, -0.05) is 41.5 Å². The van der Waals surface area contributed by atoms with Crippen LogP contribution in [0.4, 0.5) is 0 Å². The van der Waals surface area contributed by atoms with Crippen molar-refractivity contribution in [2.75, 3.05) is 58.9 Å². The second kappa shape index (κ2) is 13.0. The zero-order valence-corrected chi connectivity index (χ0v) is 18.2. The van der Waals surface area contributed by atoms with Crippen LogP contribution in [0.15, 0.2) is 0 Å². The first kappa shape index (κ1) is 25.8. The normalized spacial score (nSPS) is 13.4. The second-order valence-corrected chi connectivity index (χ2v) is 7.25. The molecular weight excluding hydrogens is 330 g/mol. The van der Waals surface area contributed by atoms with E-state index in [4.69, 9.17) is 0 Å². The molecule has 0 saturated heterocycles. The average molecular weight is 376 g/mol. The summed E-state index contributed by atoms with van der Waals surface area (Å²) < 4.78 is 0. The first-order chi connectivity index (χ1) is 12.2. The highest BCUT2D eigenvalue weighted by atomic mass is 16.7. The summed E-state index contributed by atoms with van der Waals surface area (Å²) in [4.78, 5) is 6.82. The Labute approximate surface area is 161 Å². The quantitative estimate of drug-likeness (QED) is 0.357. The highest BCUT2D eigenvalue weighted by molar-refractivity contribution is 4.88. The lowest BCUT2D eigenvalue weighted by Gasteiger charge is -2.43. The molecule has 0 aromatic heterocycles. The van der Waals surface area contributed by atoms with Crippen molar-refractivity contribution in [2.24, 2.45) is 5.41 Å². The summed E-state index contributed by atoms with van der Waals surface area (Å²) in [6.07, 6.45) is 1.71. The molecule has 0 aliphatic heterocycles. The molecular formula is C20H45N3O3. The highest BCUT2D eigenvalue weighted by Gasteiger charge is 2.48. The van der Waals surface area contributed by atoms with Crippen molar-refractivity contribution in [3.63, 3.8) is 0 Å². The molecule has 0 aliphatic rings. The van der Waals surface area contributed by atoms with Crippen LogP contribution >= 0.6 is 0 Å². The van der Waals surface area contributed by atoms with Gasteiger partial charge in [0.25, 0.3) is 5.97 Å². The van der Waals surface area contributed by atoms with Crippen molar-refractivity contribution in [3.8, 4) is 0 Å². The van der Waals surface area contributed by atoms with Crippen LogP contribution < -0.4 is 0 Å². The molecule has 6 heteroatoms. The standard InChI is InChI=1S/C20H45N3O3/c1-7-21(8-2)16-13-19(20(24,25)26,14-17-22(9-3)10-4)15-18-23(11-5)12-6/h24-26H,7-18H2,1-6H3. The van der Waals surface area contributed by atoms with Crippen LogP contribution in [0.5, 0.6) is 0 Å². The molecule has 0 spiro atoms. The number of rotatable bonds is 16. The van der Waals surface area contributed by atoms with Gasteiger partial charge in [-0.2, -0.15) is 0 Å². The van der Waals surface area contributed by atoms with E-state index in [9.17, 15) is 15.3 Å². The van der Waals surface area contributed by atoms with E-state index in [1.165, 1.54) is 0 Å². The molecule has 0 aromatic carbocycles. The van der Waals surface area contributed by atoms with E-state index in [0.29, 0.717) is 19.3 Å². The summed E-state index contributed by atoms with van der Waals surface area (Å²) in [7, 11) is 0. The lowest BCUT2D eigenvalue weighted by molar-refractivity contribution is -0.380. The van der Waals surface area contributed by atoms with Gasteiger partial charge in [-0.05, 0) is 78.2 Å². The van der Waals surface area contributed by atoms with Crippen molar-refractivity contribution >= 4 is 0 Å². The van der Waals surface area contributed by atoms with E-state index in [0.717, 1.165) is 58.9 Å². The van der Waals surface area contributed by atoms with E-state index in [-0.39, 0.29) is 0 Å². The Kier molecular flexibility index (Phi) is 12.9. The first-order valence-electron chi connectivity index (χ1n) is 10.6. The summed E-state index contributed by atoms with van der Waals surface area (Å²) in [5.41, 5.74) is -0.930. The summed E-state index contributed by atoms with van der Waals surface area (Å²) in [6.45, 7) is 20.5. The predicted molar refractivity (Wildman–Crippen MR) is 109 cm³/mol. The monoisotopic (exact) mass is 375 g/mol. The Bertz CT molecular complexity index is 295. The fraction of sp³-hybridized carbons (Fsp3) is 1.00. The lowest BCUT2D eigenvalue weighted by atomic mass is 9.74. The van der Waals surface area contributed by atoms with Gasteiger partial charge in [0.1, 0.15) is 0 Å². The van der Waals surface area contributed by atoms with Gasteiger partial charge < -0.3 is 30.0 Å². The number of hydrogen-bond acceptors (Lipinski definition) is 6. The van der Waals surface area contributed by atoms with Crippen molar-refractivity contribution in [3.05, 3.63) is 0 Å². The third kappa shape index (κ3) is 8.19. The van der Waals surface area contributed by atoms with Crippen LogP contribution in [0.2, 0.25) is 0 Å². The summed E-state index contributed by atoms with van der Waals surface area (Å²) in [5, 5.41) is 31.1. The zero-order valence-electron chi connectivity index (χ0n) is 18.2. The molecule has 0 radical (unpaired) electrons. The van der Waals surface area contributed by atoms with Gasteiger partial charge in [-0.15, -0.1) is 0 Å². The summed E-state index contributed by atoms with van der Waals surface area (Å²) in [6, 6.07) is 0. The Morgan fingerprint density at radius 3 is 0.885 bits per heavy atom. The molecule has 0 heterocycles. The largest absolute Gasteiger partial charge is 0.343 e. The van der Waals surface area contributed by atoms with E-state index in [1.807, 2.05) is 0 Å². The molecule has 0 fully saturated rings. The zero-order chi connectivity index (χ0) is 20.2. The Balaban J connectivity index is 5.41. The Morgan fingerprint density at radius 2 is 0.731 bits per heavy atom. The fourth-order valence-corrected chi connectivity index (χ4v) is 3.61. The lowest BCUT2D eigenvalue weighted by Crippen LogP contribution is -2.52. The molecule has 0 saturated carbocycles. The molecule has 3 N–H and O–H groups in total. The van der Waals surface area contributed by atoms with E-state index in [1.54, 1.807) is 0 Å². The van der Waals surface area contributed by atoms with Crippen LogP contribution in [0.1, 0.15) is 60.8 Å². The molecule has 0 rings (SSSR count). The van der Waals surface area contributed by atoms with Crippen LogP contribution in [0.25, 0.3) is 0 Å². The molecule has 0 aromatic rings. The van der Waals surface area contributed by atoms with E-state index in [2.05, 4.69) is 56.2 Å². The Hall–Kier alpha value is -0.240. The molecule has 26 heavy (non-hydrogen) atoms. The minimum Gasteiger partial charge on any atom is -0.343 e. The minimum absolute atomic E-state index is 0.570. The molecule has 0 atom stereocenters. The van der Waals surface area contributed by atoms with Crippen LogP contribution in [-0.2, 0) is 0 Å². The maximum Gasteiger partial charge on any atom is 0.281 e. The number of nitrogens with zero attached hydrogens (tertiary/aromatic N) is 3. The molecule has 0 bridgehead atoms. The molecule has 0 amide bonds. The average Bonchev–Trinajstić information content (AvgIpc) is 2.62. The minimum atomic E-state index is -2.67. The van der Waals surface area contributed by atoms with E-state index < -0.39 is 11.4 Å².